The summed E-state index contributed by atoms with van der Waals surface area (Å²) in [6.45, 7) is 0.120. The molecular weight excluding hydrogens is 366 g/mol. The van der Waals surface area contributed by atoms with Crippen LogP contribution in [0.3, 0.4) is 0 Å². The number of halogens is 2. The monoisotopic (exact) mass is 375 g/mol. The first-order valence-electron chi connectivity index (χ1n) is 5.53. The number of pyridine rings is 1. The molecule has 0 saturated carbocycles. The van der Waals surface area contributed by atoms with Gasteiger partial charge < -0.3 is 5.73 Å². The minimum absolute atomic E-state index is 0.0493. The topological polar surface area (TPSA) is 85.1 Å². The molecule has 0 saturated heterocycles. The minimum atomic E-state index is -3.74. The molecule has 0 aliphatic carbocycles. The highest BCUT2D eigenvalue weighted by molar-refractivity contribution is 9.10. The normalized spacial score (nSPS) is 11.5. The molecule has 20 heavy (non-hydrogen) atoms. The van der Waals surface area contributed by atoms with Gasteiger partial charge in [0, 0.05) is 22.2 Å². The van der Waals surface area contributed by atoms with Crippen LogP contribution >= 0.6 is 27.5 Å². The summed E-state index contributed by atoms with van der Waals surface area (Å²) in [5.74, 6) is -0.0493. The molecular formula is C12H11BrClN3O2S. The van der Waals surface area contributed by atoms with Gasteiger partial charge in [0.05, 0.1) is 0 Å². The summed E-state index contributed by atoms with van der Waals surface area (Å²) in [5.41, 5.74) is 6.35. The molecule has 8 heteroatoms. The Balaban J connectivity index is 2.21. The smallest absolute Gasteiger partial charge is 0.244 e. The minimum Gasteiger partial charge on any atom is -0.383 e. The molecule has 3 N–H and O–H groups in total. The second-order valence-electron chi connectivity index (χ2n) is 3.99. The van der Waals surface area contributed by atoms with Gasteiger partial charge in [-0.15, -0.1) is 0 Å². The fourth-order valence-corrected chi connectivity index (χ4v) is 3.37. The summed E-state index contributed by atoms with van der Waals surface area (Å²) in [4.78, 5) is 3.74. The van der Waals surface area contributed by atoms with Gasteiger partial charge in [-0.1, -0.05) is 23.7 Å². The number of aromatic nitrogens is 1. The lowest BCUT2D eigenvalue weighted by atomic mass is 10.2. The molecule has 5 nitrogen and oxygen atoms in total. The van der Waals surface area contributed by atoms with Crippen molar-refractivity contribution in [2.24, 2.45) is 0 Å². The van der Waals surface area contributed by atoms with E-state index in [0.29, 0.717) is 9.50 Å². The average Bonchev–Trinajstić information content (AvgIpc) is 2.39. The lowest BCUT2D eigenvalue weighted by Crippen LogP contribution is -2.24. The van der Waals surface area contributed by atoms with Crippen molar-refractivity contribution in [1.82, 2.24) is 9.71 Å². The van der Waals surface area contributed by atoms with Crippen LogP contribution in [0.25, 0.3) is 0 Å². The van der Waals surface area contributed by atoms with Crippen LogP contribution in [0.1, 0.15) is 5.56 Å². The molecule has 0 atom stereocenters. The molecule has 0 aliphatic rings. The van der Waals surface area contributed by atoms with Crippen molar-refractivity contribution in [2.45, 2.75) is 11.4 Å². The number of rotatable bonds is 4. The molecule has 106 valence electrons. The van der Waals surface area contributed by atoms with Gasteiger partial charge in [-0.25, -0.2) is 18.1 Å². The predicted octanol–water partition coefficient (Wildman–Crippen LogP) is 2.56. The van der Waals surface area contributed by atoms with Crippen molar-refractivity contribution in [3.63, 3.8) is 0 Å². The Labute approximate surface area is 130 Å². The highest BCUT2D eigenvalue weighted by Gasteiger charge is 2.18. The van der Waals surface area contributed by atoms with Crippen LogP contribution < -0.4 is 10.5 Å². The van der Waals surface area contributed by atoms with Gasteiger partial charge in [0.15, 0.2) is 0 Å². The van der Waals surface area contributed by atoms with Gasteiger partial charge in [0.2, 0.25) is 10.0 Å². The van der Waals surface area contributed by atoms with E-state index < -0.39 is 10.0 Å². The Morgan fingerprint density at radius 2 is 2.10 bits per heavy atom. The zero-order valence-electron chi connectivity index (χ0n) is 10.2. The summed E-state index contributed by atoms with van der Waals surface area (Å²) in [6, 6.07) is 8.34. The maximum Gasteiger partial charge on any atom is 0.244 e. The molecule has 1 aromatic heterocycles. The third-order valence-electron chi connectivity index (χ3n) is 2.49. The van der Waals surface area contributed by atoms with E-state index in [4.69, 9.17) is 17.3 Å². The first kappa shape index (κ1) is 15.2. The molecule has 0 fully saturated rings. The van der Waals surface area contributed by atoms with Crippen molar-refractivity contribution >= 4 is 43.4 Å². The van der Waals surface area contributed by atoms with E-state index >= 15 is 0 Å². The second kappa shape index (κ2) is 6.09. The van der Waals surface area contributed by atoms with Crippen LogP contribution in [0.4, 0.5) is 5.82 Å². The molecule has 0 amide bonds. The molecule has 1 aromatic carbocycles. The zero-order valence-corrected chi connectivity index (χ0v) is 13.3. The zero-order chi connectivity index (χ0) is 14.8. The van der Waals surface area contributed by atoms with Crippen LogP contribution in [0.2, 0.25) is 5.02 Å². The third kappa shape index (κ3) is 3.69. The number of nitrogen functional groups attached to an aromatic ring is 1. The summed E-state index contributed by atoms with van der Waals surface area (Å²) in [5, 5.41) is 0.547. The van der Waals surface area contributed by atoms with E-state index in [0.717, 1.165) is 5.56 Å². The summed E-state index contributed by atoms with van der Waals surface area (Å²) < 4.78 is 27.4. The standard InChI is InChI=1S/C12H11BrClN3O2S/c13-9-5-11(12(15)16-7-9)20(18,19)17-6-8-2-1-3-10(14)4-8/h1-5,7,17H,6H2,(H2,15,16). The Hall–Kier alpha value is -1.15. The quantitative estimate of drug-likeness (QED) is 0.859. The SMILES string of the molecule is Nc1ncc(Br)cc1S(=O)(=O)NCc1cccc(Cl)c1. The molecule has 2 rings (SSSR count). The lowest BCUT2D eigenvalue weighted by Gasteiger charge is -2.09. The highest BCUT2D eigenvalue weighted by Crippen LogP contribution is 2.20. The number of sulfonamides is 1. The predicted molar refractivity (Wildman–Crippen MR) is 81.8 cm³/mol. The van der Waals surface area contributed by atoms with E-state index in [1.54, 1.807) is 24.3 Å². The number of nitrogens with zero attached hydrogens (tertiary/aromatic N) is 1. The lowest BCUT2D eigenvalue weighted by molar-refractivity contribution is 0.581. The average molecular weight is 377 g/mol. The van der Waals surface area contributed by atoms with Crippen molar-refractivity contribution in [2.75, 3.05) is 5.73 Å². The number of hydrogen-bond acceptors (Lipinski definition) is 4. The van der Waals surface area contributed by atoms with E-state index in [-0.39, 0.29) is 17.3 Å². The fraction of sp³-hybridized carbons (Fsp3) is 0.0833. The number of nitrogens with one attached hydrogen (secondary N) is 1. The molecule has 0 bridgehead atoms. The number of nitrogens with two attached hydrogens (primary N) is 1. The van der Waals surface area contributed by atoms with Crippen LogP contribution in [0.5, 0.6) is 0 Å². The van der Waals surface area contributed by atoms with Gasteiger partial charge in [-0.05, 0) is 39.7 Å². The van der Waals surface area contributed by atoms with E-state index in [2.05, 4.69) is 25.6 Å². The second-order valence-corrected chi connectivity index (χ2v) is 7.08. The van der Waals surface area contributed by atoms with E-state index in [1.807, 2.05) is 0 Å². The highest BCUT2D eigenvalue weighted by atomic mass is 79.9. The van der Waals surface area contributed by atoms with Gasteiger partial charge >= 0.3 is 0 Å². The Bertz CT molecular complexity index is 737. The maximum atomic E-state index is 12.2. The first-order valence-corrected chi connectivity index (χ1v) is 8.19. The van der Waals surface area contributed by atoms with Gasteiger partial charge in [0.1, 0.15) is 10.7 Å². The maximum absolute atomic E-state index is 12.2. The Morgan fingerprint density at radius 1 is 1.35 bits per heavy atom. The molecule has 0 aliphatic heterocycles. The molecule has 1 heterocycles. The van der Waals surface area contributed by atoms with Crippen molar-refractivity contribution in [3.05, 3.63) is 51.6 Å². The Kier molecular flexibility index (Phi) is 4.64. The van der Waals surface area contributed by atoms with Crippen molar-refractivity contribution in [3.8, 4) is 0 Å². The Morgan fingerprint density at radius 3 is 2.80 bits per heavy atom. The van der Waals surface area contributed by atoms with Crippen LogP contribution in [0.15, 0.2) is 45.9 Å². The largest absolute Gasteiger partial charge is 0.383 e. The van der Waals surface area contributed by atoms with Gasteiger partial charge in [0.25, 0.3) is 0 Å². The molecule has 0 unspecified atom stereocenters. The molecule has 2 aromatic rings. The fourth-order valence-electron chi connectivity index (χ4n) is 1.55. The molecule has 0 radical (unpaired) electrons. The van der Waals surface area contributed by atoms with Crippen LogP contribution in [0, 0.1) is 0 Å². The third-order valence-corrected chi connectivity index (χ3v) is 4.59. The van der Waals surface area contributed by atoms with E-state index in [1.165, 1.54) is 12.3 Å². The summed E-state index contributed by atoms with van der Waals surface area (Å²) >= 11 is 9.01. The van der Waals surface area contributed by atoms with Crippen LogP contribution in [-0.2, 0) is 16.6 Å². The molecule has 0 spiro atoms. The summed E-state index contributed by atoms with van der Waals surface area (Å²) in [7, 11) is -3.74. The number of hydrogen-bond donors (Lipinski definition) is 2. The summed E-state index contributed by atoms with van der Waals surface area (Å²) in [6.07, 6.45) is 1.44. The van der Waals surface area contributed by atoms with Gasteiger partial charge in [-0.2, -0.15) is 0 Å². The van der Waals surface area contributed by atoms with Crippen LogP contribution in [-0.4, -0.2) is 13.4 Å². The van der Waals surface area contributed by atoms with Crippen molar-refractivity contribution < 1.29 is 8.42 Å². The van der Waals surface area contributed by atoms with E-state index in [9.17, 15) is 8.42 Å². The number of anilines is 1. The van der Waals surface area contributed by atoms with Gasteiger partial charge in [-0.3, -0.25) is 0 Å². The first-order chi connectivity index (χ1) is 9.38. The van der Waals surface area contributed by atoms with Crippen molar-refractivity contribution in [1.29, 1.82) is 0 Å². The number of benzene rings is 1.